The molecule has 0 bridgehead atoms. The lowest BCUT2D eigenvalue weighted by Gasteiger charge is -2.34. The van der Waals surface area contributed by atoms with Gasteiger partial charge in [0.2, 0.25) is 0 Å². The first kappa shape index (κ1) is 20.0. The number of urea groups is 1. The van der Waals surface area contributed by atoms with Crippen molar-refractivity contribution in [2.75, 3.05) is 46.4 Å². The Labute approximate surface area is 167 Å². The summed E-state index contributed by atoms with van der Waals surface area (Å²) in [6, 6.07) is 18.3. The van der Waals surface area contributed by atoms with Gasteiger partial charge in [-0.15, -0.1) is 0 Å². The van der Waals surface area contributed by atoms with Gasteiger partial charge in [0.25, 0.3) is 0 Å². The highest BCUT2D eigenvalue weighted by Gasteiger charge is 2.19. The fourth-order valence-corrected chi connectivity index (χ4v) is 3.29. The molecule has 5 heteroatoms. The molecule has 0 aliphatic carbocycles. The number of hydrogen-bond donors (Lipinski definition) is 1. The van der Waals surface area contributed by atoms with Crippen molar-refractivity contribution >= 4 is 12.1 Å². The van der Waals surface area contributed by atoms with Crippen molar-refractivity contribution in [3.8, 4) is 5.75 Å². The lowest BCUT2D eigenvalue weighted by molar-refractivity contribution is 0.147. The maximum Gasteiger partial charge on any atom is 0.317 e. The van der Waals surface area contributed by atoms with Crippen LogP contribution in [-0.4, -0.2) is 62.2 Å². The molecular weight excluding hydrogens is 350 g/mol. The lowest BCUT2D eigenvalue weighted by atomic mass is 10.1. The number of rotatable bonds is 7. The molecule has 2 aromatic carbocycles. The van der Waals surface area contributed by atoms with Gasteiger partial charge in [-0.05, 0) is 29.7 Å². The molecule has 1 N–H and O–H groups in total. The minimum atomic E-state index is 0.0300. The second kappa shape index (κ2) is 10.5. The molecule has 1 aliphatic rings. The molecular formula is C23H29N3O2. The van der Waals surface area contributed by atoms with E-state index in [-0.39, 0.29) is 6.03 Å². The summed E-state index contributed by atoms with van der Waals surface area (Å²) < 4.78 is 5.24. The van der Waals surface area contributed by atoms with Crippen LogP contribution in [0.3, 0.4) is 0 Å². The van der Waals surface area contributed by atoms with Crippen LogP contribution in [0.15, 0.2) is 60.7 Å². The average molecular weight is 380 g/mol. The topological polar surface area (TPSA) is 44.8 Å². The number of piperazine rings is 1. The van der Waals surface area contributed by atoms with E-state index in [2.05, 4.69) is 40.6 Å². The summed E-state index contributed by atoms with van der Waals surface area (Å²) in [5.41, 5.74) is 2.38. The molecule has 1 fully saturated rings. The van der Waals surface area contributed by atoms with Crippen molar-refractivity contribution in [2.24, 2.45) is 0 Å². The smallest absolute Gasteiger partial charge is 0.317 e. The monoisotopic (exact) mass is 379 g/mol. The highest BCUT2D eigenvalue weighted by molar-refractivity contribution is 5.74. The third kappa shape index (κ3) is 6.13. The maximum atomic E-state index is 12.4. The first-order chi connectivity index (χ1) is 13.7. The zero-order valence-corrected chi connectivity index (χ0v) is 16.5. The Hall–Kier alpha value is -2.79. The Morgan fingerprint density at radius 3 is 2.61 bits per heavy atom. The molecule has 0 spiro atoms. The van der Waals surface area contributed by atoms with E-state index in [1.54, 1.807) is 7.11 Å². The highest BCUT2D eigenvalue weighted by atomic mass is 16.5. The summed E-state index contributed by atoms with van der Waals surface area (Å²) in [7, 11) is 1.66. The predicted molar refractivity (Wildman–Crippen MR) is 114 cm³/mol. The van der Waals surface area contributed by atoms with Crippen molar-refractivity contribution in [2.45, 2.75) is 6.42 Å². The fourth-order valence-electron chi connectivity index (χ4n) is 3.29. The molecule has 3 rings (SSSR count). The largest absolute Gasteiger partial charge is 0.497 e. The Morgan fingerprint density at radius 1 is 1.07 bits per heavy atom. The molecule has 5 nitrogen and oxygen atoms in total. The van der Waals surface area contributed by atoms with Gasteiger partial charge in [0, 0.05) is 39.3 Å². The second-order valence-electron chi connectivity index (χ2n) is 6.93. The molecule has 1 saturated heterocycles. The molecule has 0 aromatic heterocycles. The van der Waals surface area contributed by atoms with Crippen molar-refractivity contribution in [3.05, 3.63) is 71.8 Å². The number of methoxy groups -OCH3 is 1. The van der Waals surface area contributed by atoms with E-state index >= 15 is 0 Å². The van der Waals surface area contributed by atoms with Crippen LogP contribution in [0.5, 0.6) is 5.75 Å². The van der Waals surface area contributed by atoms with Crippen LogP contribution in [0, 0.1) is 0 Å². The van der Waals surface area contributed by atoms with E-state index in [0.717, 1.165) is 50.5 Å². The van der Waals surface area contributed by atoms with E-state index in [1.165, 1.54) is 5.56 Å². The summed E-state index contributed by atoms with van der Waals surface area (Å²) in [6.45, 7) is 4.89. The molecule has 1 aliphatic heterocycles. The number of carbonyl (C=O) groups excluding carboxylic acids is 1. The van der Waals surface area contributed by atoms with Crippen LogP contribution in [0.1, 0.15) is 11.1 Å². The van der Waals surface area contributed by atoms with Gasteiger partial charge in [-0.25, -0.2) is 4.79 Å². The first-order valence-electron chi connectivity index (χ1n) is 9.84. The number of hydrogen-bond acceptors (Lipinski definition) is 3. The quantitative estimate of drug-likeness (QED) is 0.803. The molecule has 2 aromatic rings. The van der Waals surface area contributed by atoms with Crippen LogP contribution in [0.2, 0.25) is 0 Å². The van der Waals surface area contributed by atoms with Gasteiger partial charge in [-0.1, -0.05) is 54.6 Å². The van der Waals surface area contributed by atoms with Crippen LogP contribution < -0.4 is 10.1 Å². The average Bonchev–Trinajstić information content (AvgIpc) is 2.75. The highest BCUT2D eigenvalue weighted by Crippen LogP contribution is 2.12. The van der Waals surface area contributed by atoms with Crippen molar-refractivity contribution in [3.63, 3.8) is 0 Å². The predicted octanol–water partition coefficient (Wildman–Crippen LogP) is 3.28. The van der Waals surface area contributed by atoms with Gasteiger partial charge in [-0.3, -0.25) is 4.90 Å². The summed E-state index contributed by atoms with van der Waals surface area (Å²) in [5.74, 6) is 0.848. The van der Waals surface area contributed by atoms with Gasteiger partial charge < -0.3 is 15.0 Å². The lowest BCUT2D eigenvalue weighted by Crippen LogP contribution is -2.51. The summed E-state index contributed by atoms with van der Waals surface area (Å²) >= 11 is 0. The summed E-state index contributed by atoms with van der Waals surface area (Å²) in [5, 5.41) is 3.03. The number of nitrogens with one attached hydrogen (secondary N) is 1. The SMILES string of the molecule is COc1cccc(CCNC(=O)N2CCN(C/C=C/c3ccccc3)CC2)c1. The third-order valence-corrected chi connectivity index (χ3v) is 4.96. The normalized spacial score (nSPS) is 15.0. The Bertz CT molecular complexity index is 768. The maximum absolute atomic E-state index is 12.4. The van der Waals surface area contributed by atoms with Gasteiger partial charge in [0.1, 0.15) is 5.75 Å². The van der Waals surface area contributed by atoms with E-state index in [1.807, 2.05) is 41.3 Å². The molecule has 1 heterocycles. The molecule has 2 amide bonds. The van der Waals surface area contributed by atoms with E-state index < -0.39 is 0 Å². The molecule has 148 valence electrons. The van der Waals surface area contributed by atoms with Crippen molar-refractivity contribution in [1.82, 2.24) is 15.1 Å². The zero-order chi connectivity index (χ0) is 19.6. The van der Waals surface area contributed by atoms with Gasteiger partial charge in [0.05, 0.1) is 7.11 Å². The minimum Gasteiger partial charge on any atom is -0.497 e. The van der Waals surface area contributed by atoms with Gasteiger partial charge in [0.15, 0.2) is 0 Å². The van der Waals surface area contributed by atoms with Gasteiger partial charge >= 0.3 is 6.03 Å². The van der Waals surface area contributed by atoms with Crippen LogP contribution >= 0.6 is 0 Å². The van der Waals surface area contributed by atoms with Crippen molar-refractivity contribution in [1.29, 1.82) is 0 Å². The first-order valence-corrected chi connectivity index (χ1v) is 9.84. The third-order valence-electron chi connectivity index (χ3n) is 4.96. The molecule has 0 radical (unpaired) electrons. The molecule has 0 saturated carbocycles. The number of benzene rings is 2. The molecule has 28 heavy (non-hydrogen) atoms. The number of ether oxygens (including phenoxy) is 1. The van der Waals surface area contributed by atoms with Crippen LogP contribution in [0.25, 0.3) is 6.08 Å². The number of amides is 2. The second-order valence-corrected chi connectivity index (χ2v) is 6.93. The Balaban J connectivity index is 1.35. The Kier molecular flexibility index (Phi) is 7.50. The van der Waals surface area contributed by atoms with Crippen molar-refractivity contribution < 1.29 is 9.53 Å². The summed E-state index contributed by atoms with van der Waals surface area (Å²) in [6.07, 6.45) is 5.14. The molecule has 0 atom stereocenters. The van der Waals surface area contributed by atoms with Crippen LogP contribution in [0.4, 0.5) is 4.79 Å². The standard InChI is InChI=1S/C23H29N3O2/c1-28-22-11-5-9-21(19-22)12-13-24-23(27)26-17-15-25(16-18-26)14-6-10-20-7-3-2-4-8-20/h2-11,19H,12-18H2,1H3,(H,24,27)/b10-6+. The number of carbonyl (C=O) groups is 1. The van der Waals surface area contributed by atoms with E-state index in [0.29, 0.717) is 6.54 Å². The molecule has 0 unspecified atom stereocenters. The van der Waals surface area contributed by atoms with Crippen LogP contribution in [-0.2, 0) is 6.42 Å². The fraction of sp³-hybridized carbons (Fsp3) is 0.348. The Morgan fingerprint density at radius 2 is 1.86 bits per heavy atom. The number of nitrogens with zero attached hydrogens (tertiary/aromatic N) is 2. The van der Waals surface area contributed by atoms with E-state index in [9.17, 15) is 4.79 Å². The summed E-state index contributed by atoms with van der Waals surface area (Å²) in [4.78, 5) is 16.7. The minimum absolute atomic E-state index is 0.0300. The van der Waals surface area contributed by atoms with E-state index in [4.69, 9.17) is 4.74 Å². The zero-order valence-electron chi connectivity index (χ0n) is 16.5. The van der Waals surface area contributed by atoms with Gasteiger partial charge in [-0.2, -0.15) is 0 Å².